The Morgan fingerprint density at radius 2 is 2.00 bits per heavy atom. The fourth-order valence-corrected chi connectivity index (χ4v) is 1.36. The topological polar surface area (TPSA) is 40.5 Å². The summed E-state index contributed by atoms with van der Waals surface area (Å²) < 4.78 is 0. The molecule has 2 unspecified atom stereocenters. The van der Waals surface area contributed by atoms with Gasteiger partial charge in [0, 0.05) is 6.61 Å². The Morgan fingerprint density at radius 3 is 2.46 bits per heavy atom. The zero-order valence-electron chi connectivity index (χ0n) is 8.95. The van der Waals surface area contributed by atoms with Gasteiger partial charge in [0.1, 0.15) is 0 Å². The zero-order chi connectivity index (χ0) is 10.3. The molecular formula is C11H22O2. The number of rotatable bonds is 6. The molecule has 0 saturated heterocycles. The zero-order valence-corrected chi connectivity index (χ0v) is 8.95. The average Bonchev–Trinajstić information content (AvgIpc) is 2.04. The van der Waals surface area contributed by atoms with Crippen LogP contribution in [-0.4, -0.2) is 22.4 Å². The molecule has 2 atom stereocenters. The van der Waals surface area contributed by atoms with Gasteiger partial charge in [-0.15, -0.1) is 0 Å². The van der Waals surface area contributed by atoms with E-state index in [-0.39, 0.29) is 12.5 Å². The lowest BCUT2D eigenvalue weighted by molar-refractivity contribution is 0.0485. The quantitative estimate of drug-likeness (QED) is 0.492. The maximum atomic E-state index is 9.93. The Bertz CT molecular complexity index is 150. The van der Waals surface area contributed by atoms with Gasteiger partial charge in [0.15, 0.2) is 0 Å². The monoisotopic (exact) mass is 186 g/mol. The smallest absolute Gasteiger partial charge is 0.0824 e. The highest BCUT2D eigenvalue weighted by Crippen LogP contribution is 2.23. The molecule has 0 fully saturated rings. The van der Waals surface area contributed by atoms with Gasteiger partial charge in [0.25, 0.3) is 0 Å². The first-order valence-corrected chi connectivity index (χ1v) is 5.01. The molecule has 2 nitrogen and oxygen atoms in total. The van der Waals surface area contributed by atoms with Crippen molar-refractivity contribution in [2.45, 2.75) is 45.6 Å². The number of unbranched alkanes of at least 4 members (excludes halogenated alkanes) is 1. The molecule has 2 heteroatoms. The van der Waals surface area contributed by atoms with Crippen LogP contribution in [0.1, 0.15) is 40.0 Å². The van der Waals surface area contributed by atoms with E-state index in [1.165, 1.54) is 0 Å². The first-order chi connectivity index (χ1) is 6.04. The minimum Gasteiger partial charge on any atom is -0.396 e. The molecule has 0 rings (SSSR count). The van der Waals surface area contributed by atoms with Crippen LogP contribution >= 0.6 is 0 Å². The van der Waals surface area contributed by atoms with Crippen molar-refractivity contribution in [1.29, 1.82) is 0 Å². The summed E-state index contributed by atoms with van der Waals surface area (Å²) in [5.74, 6) is 0.246. The molecule has 0 aliphatic heterocycles. The summed E-state index contributed by atoms with van der Waals surface area (Å²) in [4.78, 5) is 0. The third kappa shape index (κ3) is 5.06. The lowest BCUT2D eigenvalue weighted by Gasteiger charge is -2.27. The molecule has 2 N–H and O–H groups in total. The Morgan fingerprint density at radius 1 is 1.38 bits per heavy atom. The third-order valence-corrected chi connectivity index (χ3v) is 2.55. The van der Waals surface area contributed by atoms with Crippen molar-refractivity contribution in [3.8, 4) is 0 Å². The van der Waals surface area contributed by atoms with Crippen molar-refractivity contribution >= 4 is 0 Å². The Labute approximate surface area is 81.3 Å². The van der Waals surface area contributed by atoms with Crippen molar-refractivity contribution < 1.29 is 10.2 Å². The van der Waals surface area contributed by atoms with E-state index < -0.39 is 5.60 Å². The molecule has 0 aliphatic carbocycles. The van der Waals surface area contributed by atoms with Crippen LogP contribution in [0.2, 0.25) is 0 Å². The first-order valence-electron chi connectivity index (χ1n) is 5.01. The lowest BCUT2D eigenvalue weighted by atomic mass is 9.86. The van der Waals surface area contributed by atoms with E-state index >= 15 is 0 Å². The van der Waals surface area contributed by atoms with E-state index in [0.717, 1.165) is 19.3 Å². The van der Waals surface area contributed by atoms with Gasteiger partial charge in [-0.25, -0.2) is 0 Å². The van der Waals surface area contributed by atoms with Gasteiger partial charge in [-0.1, -0.05) is 25.5 Å². The minimum atomic E-state index is -0.704. The van der Waals surface area contributed by atoms with Crippen molar-refractivity contribution in [3.63, 3.8) is 0 Å². The van der Waals surface area contributed by atoms with Crippen molar-refractivity contribution in [3.05, 3.63) is 12.2 Å². The summed E-state index contributed by atoms with van der Waals surface area (Å²) in [6, 6.07) is 0. The fourth-order valence-electron chi connectivity index (χ4n) is 1.36. The van der Waals surface area contributed by atoms with Crippen LogP contribution in [0.15, 0.2) is 12.2 Å². The summed E-state index contributed by atoms with van der Waals surface area (Å²) in [5.41, 5.74) is -0.704. The second-order valence-corrected chi connectivity index (χ2v) is 3.85. The number of hydrogen-bond donors (Lipinski definition) is 2. The van der Waals surface area contributed by atoms with Crippen LogP contribution in [0, 0.1) is 5.92 Å². The largest absolute Gasteiger partial charge is 0.396 e. The average molecular weight is 186 g/mol. The van der Waals surface area contributed by atoms with Crippen molar-refractivity contribution in [1.82, 2.24) is 0 Å². The van der Waals surface area contributed by atoms with Gasteiger partial charge < -0.3 is 10.2 Å². The molecule has 0 aliphatic rings. The summed E-state index contributed by atoms with van der Waals surface area (Å²) in [6.07, 6.45) is 6.47. The lowest BCUT2D eigenvalue weighted by Crippen LogP contribution is -2.30. The number of aliphatic hydroxyl groups excluding tert-OH is 1. The van der Waals surface area contributed by atoms with Crippen molar-refractivity contribution in [2.24, 2.45) is 5.92 Å². The molecular weight excluding hydrogens is 164 g/mol. The summed E-state index contributed by atoms with van der Waals surface area (Å²) in [7, 11) is 0. The Balaban J connectivity index is 3.86. The Hall–Kier alpha value is -0.340. The molecule has 0 aromatic carbocycles. The highest BCUT2D eigenvalue weighted by Gasteiger charge is 2.23. The molecule has 0 heterocycles. The molecule has 0 saturated carbocycles. The third-order valence-electron chi connectivity index (χ3n) is 2.55. The molecule has 0 bridgehead atoms. The summed E-state index contributed by atoms with van der Waals surface area (Å²) >= 11 is 0. The molecule has 0 aromatic heterocycles. The van der Waals surface area contributed by atoms with E-state index in [0.29, 0.717) is 0 Å². The maximum absolute atomic E-state index is 9.93. The minimum absolute atomic E-state index is 0.246. The predicted molar refractivity (Wildman–Crippen MR) is 55.5 cm³/mol. The maximum Gasteiger partial charge on any atom is 0.0824 e. The summed E-state index contributed by atoms with van der Waals surface area (Å²) in [6.45, 7) is 6.03. The van der Waals surface area contributed by atoms with Gasteiger partial charge >= 0.3 is 0 Å². The van der Waals surface area contributed by atoms with Crippen LogP contribution in [0.3, 0.4) is 0 Å². The highest BCUT2D eigenvalue weighted by molar-refractivity contribution is 4.99. The molecule has 0 spiro atoms. The number of aliphatic hydroxyl groups is 2. The van der Waals surface area contributed by atoms with E-state index in [2.05, 4.69) is 0 Å². The van der Waals surface area contributed by atoms with E-state index in [1.54, 1.807) is 0 Å². The normalized spacial score (nSPS) is 18.8. The van der Waals surface area contributed by atoms with Gasteiger partial charge in [0.2, 0.25) is 0 Å². The standard InChI is InChI=1S/C11H22O2/c1-4-8-11(3,13)10(2)7-5-6-9-12/h4,8,10,12-13H,5-7,9H2,1-3H3/b8-4+. The fraction of sp³-hybridized carbons (Fsp3) is 0.818. The molecule has 0 amide bonds. The van der Waals surface area contributed by atoms with Gasteiger partial charge in [-0.3, -0.25) is 0 Å². The first kappa shape index (κ1) is 12.7. The van der Waals surface area contributed by atoms with E-state index in [9.17, 15) is 5.11 Å². The molecule has 13 heavy (non-hydrogen) atoms. The molecule has 0 radical (unpaired) electrons. The highest BCUT2D eigenvalue weighted by atomic mass is 16.3. The van der Waals surface area contributed by atoms with E-state index in [1.807, 2.05) is 32.9 Å². The van der Waals surface area contributed by atoms with Gasteiger partial charge in [-0.2, -0.15) is 0 Å². The Kier molecular flexibility index (Phi) is 6.00. The molecule has 0 aromatic rings. The number of hydrogen-bond acceptors (Lipinski definition) is 2. The summed E-state index contributed by atoms with van der Waals surface area (Å²) in [5, 5.41) is 18.5. The van der Waals surface area contributed by atoms with Crippen LogP contribution in [0.25, 0.3) is 0 Å². The SMILES string of the molecule is C/C=C/C(C)(O)C(C)CCCCO. The second-order valence-electron chi connectivity index (χ2n) is 3.85. The van der Waals surface area contributed by atoms with Crippen molar-refractivity contribution in [2.75, 3.05) is 6.61 Å². The number of allylic oxidation sites excluding steroid dienone is 1. The van der Waals surface area contributed by atoms with Crippen LogP contribution < -0.4 is 0 Å². The van der Waals surface area contributed by atoms with Crippen LogP contribution in [0.5, 0.6) is 0 Å². The van der Waals surface area contributed by atoms with Crippen LogP contribution in [0.4, 0.5) is 0 Å². The van der Waals surface area contributed by atoms with E-state index in [4.69, 9.17) is 5.11 Å². The van der Waals surface area contributed by atoms with Crippen LogP contribution in [-0.2, 0) is 0 Å². The van der Waals surface area contributed by atoms with Gasteiger partial charge in [0.05, 0.1) is 5.60 Å². The molecule has 78 valence electrons. The predicted octanol–water partition coefficient (Wildman–Crippen LogP) is 2.11. The second kappa shape index (κ2) is 6.17. The van der Waals surface area contributed by atoms with Gasteiger partial charge in [-0.05, 0) is 32.6 Å².